The SMILES string of the molecule is C=CC1=C(/C=C\C)CC(C)(C)CN(C2CCc3ccc(C(CC)c4ccc(NC)c(N)c4C)cc32)C1. The molecule has 3 heteroatoms. The van der Waals surface area contributed by atoms with Crippen LogP contribution in [0, 0.1) is 12.3 Å². The second kappa shape index (κ2) is 10.7. The summed E-state index contributed by atoms with van der Waals surface area (Å²) in [6.45, 7) is 17.6. The second-order valence-corrected chi connectivity index (χ2v) is 11.5. The van der Waals surface area contributed by atoms with Crippen molar-refractivity contribution in [3.63, 3.8) is 0 Å². The van der Waals surface area contributed by atoms with Crippen LogP contribution in [0.5, 0.6) is 0 Å². The largest absolute Gasteiger partial charge is 0.397 e. The molecule has 3 N–H and O–H groups in total. The lowest BCUT2D eigenvalue weighted by Gasteiger charge is -2.35. The van der Waals surface area contributed by atoms with Gasteiger partial charge in [-0.2, -0.15) is 0 Å². The molecule has 0 aromatic heterocycles. The van der Waals surface area contributed by atoms with Crippen LogP contribution >= 0.6 is 0 Å². The van der Waals surface area contributed by atoms with E-state index in [1.54, 1.807) is 0 Å². The molecule has 3 nitrogen and oxygen atoms in total. The lowest BCUT2D eigenvalue weighted by Crippen LogP contribution is -2.36. The molecule has 2 aromatic carbocycles. The third kappa shape index (κ3) is 5.04. The molecule has 0 bridgehead atoms. The molecule has 1 aliphatic heterocycles. The predicted octanol–water partition coefficient (Wildman–Crippen LogP) is 7.94. The first-order chi connectivity index (χ1) is 17.2. The summed E-state index contributed by atoms with van der Waals surface area (Å²) >= 11 is 0. The van der Waals surface area contributed by atoms with Crippen LogP contribution in [0.15, 0.2) is 66.3 Å². The number of nitrogens with one attached hydrogen (secondary N) is 1. The number of hydrogen-bond donors (Lipinski definition) is 2. The van der Waals surface area contributed by atoms with E-state index < -0.39 is 0 Å². The minimum atomic E-state index is 0.218. The highest BCUT2D eigenvalue weighted by molar-refractivity contribution is 5.72. The van der Waals surface area contributed by atoms with Gasteiger partial charge in [-0.1, -0.05) is 69.8 Å². The zero-order valence-electron chi connectivity index (χ0n) is 23.2. The van der Waals surface area contributed by atoms with Crippen LogP contribution in [0.2, 0.25) is 0 Å². The molecule has 0 amide bonds. The van der Waals surface area contributed by atoms with Crippen LogP contribution in [0.3, 0.4) is 0 Å². The fourth-order valence-electron chi connectivity index (χ4n) is 6.57. The van der Waals surface area contributed by atoms with Gasteiger partial charge in [0.15, 0.2) is 0 Å². The first-order valence-corrected chi connectivity index (χ1v) is 13.6. The summed E-state index contributed by atoms with van der Waals surface area (Å²) in [6, 6.07) is 12.1. The van der Waals surface area contributed by atoms with Gasteiger partial charge in [0.2, 0.25) is 0 Å². The van der Waals surface area contributed by atoms with Crippen molar-refractivity contribution in [2.45, 2.75) is 72.3 Å². The van der Waals surface area contributed by atoms with Gasteiger partial charge in [0, 0.05) is 32.1 Å². The van der Waals surface area contributed by atoms with Crippen molar-refractivity contribution in [1.29, 1.82) is 0 Å². The molecule has 1 aliphatic carbocycles. The molecule has 0 fully saturated rings. The third-order valence-corrected chi connectivity index (χ3v) is 8.37. The Morgan fingerprint density at radius 2 is 2.00 bits per heavy atom. The average Bonchev–Trinajstić information content (AvgIpc) is 3.22. The van der Waals surface area contributed by atoms with E-state index in [4.69, 9.17) is 5.73 Å². The van der Waals surface area contributed by atoms with Gasteiger partial charge in [-0.25, -0.2) is 0 Å². The summed E-state index contributed by atoms with van der Waals surface area (Å²) in [7, 11) is 1.93. The Morgan fingerprint density at radius 3 is 2.67 bits per heavy atom. The van der Waals surface area contributed by atoms with Crippen molar-refractivity contribution in [2.24, 2.45) is 5.41 Å². The zero-order valence-corrected chi connectivity index (χ0v) is 23.2. The highest BCUT2D eigenvalue weighted by atomic mass is 15.2. The van der Waals surface area contributed by atoms with Gasteiger partial charge in [-0.15, -0.1) is 0 Å². The van der Waals surface area contributed by atoms with E-state index in [1.807, 2.05) is 7.05 Å². The lowest BCUT2D eigenvalue weighted by molar-refractivity contribution is 0.147. The van der Waals surface area contributed by atoms with Crippen LogP contribution < -0.4 is 11.1 Å². The van der Waals surface area contributed by atoms with Gasteiger partial charge in [-0.3, -0.25) is 4.90 Å². The van der Waals surface area contributed by atoms with Crippen LogP contribution in [0.4, 0.5) is 11.4 Å². The fraction of sp³-hybridized carbons (Fsp3) is 0.455. The molecule has 36 heavy (non-hydrogen) atoms. The van der Waals surface area contributed by atoms with Crippen molar-refractivity contribution in [3.05, 3.63) is 94.1 Å². The summed E-state index contributed by atoms with van der Waals surface area (Å²) < 4.78 is 0. The van der Waals surface area contributed by atoms with E-state index in [9.17, 15) is 0 Å². The van der Waals surface area contributed by atoms with Gasteiger partial charge in [0.25, 0.3) is 0 Å². The standard InChI is InChI=1S/C33H45N3/c1-8-11-26-19-33(5,6)21-36(20-23(26)9-2)31-17-14-24-12-13-25(18-29(24)31)27(10-3)28-15-16-30(35-7)32(34)22(28)4/h8-9,11-13,15-16,18,27,31,35H,2,10,14,17,19-21,34H2,1,3-7H3/b11-8-. The molecule has 0 saturated heterocycles. The normalized spacial score (nSPS) is 20.9. The summed E-state index contributed by atoms with van der Waals surface area (Å²) in [5.74, 6) is 0.343. The number of fused-ring (bicyclic) bond motifs is 1. The number of anilines is 2. The first-order valence-electron chi connectivity index (χ1n) is 13.6. The molecular weight excluding hydrogens is 438 g/mol. The van der Waals surface area contributed by atoms with Gasteiger partial charge in [0.1, 0.15) is 0 Å². The van der Waals surface area contributed by atoms with Gasteiger partial charge >= 0.3 is 0 Å². The number of nitrogen functional groups attached to an aromatic ring is 1. The van der Waals surface area contributed by atoms with E-state index in [2.05, 4.69) is 100.0 Å². The van der Waals surface area contributed by atoms with E-state index in [0.29, 0.717) is 12.0 Å². The van der Waals surface area contributed by atoms with Gasteiger partial charge in [0.05, 0.1) is 11.4 Å². The van der Waals surface area contributed by atoms with Crippen molar-refractivity contribution in [3.8, 4) is 0 Å². The number of aryl methyl sites for hydroxylation is 1. The molecule has 4 rings (SSSR count). The minimum Gasteiger partial charge on any atom is -0.397 e. The van der Waals surface area contributed by atoms with Gasteiger partial charge < -0.3 is 11.1 Å². The molecule has 1 heterocycles. The Labute approximate surface area is 219 Å². The van der Waals surface area contributed by atoms with Gasteiger partial charge in [-0.05, 0) is 90.0 Å². The Hall–Kier alpha value is -2.78. The third-order valence-electron chi connectivity index (χ3n) is 8.37. The maximum Gasteiger partial charge on any atom is 0.0582 e. The zero-order chi connectivity index (χ0) is 26.0. The van der Waals surface area contributed by atoms with Crippen molar-refractivity contribution >= 4 is 11.4 Å². The number of nitrogens with two attached hydrogens (primary N) is 1. The molecule has 2 atom stereocenters. The Balaban J connectivity index is 1.71. The molecule has 2 aromatic rings. The van der Waals surface area contributed by atoms with E-state index in [1.165, 1.54) is 45.4 Å². The highest BCUT2D eigenvalue weighted by Gasteiger charge is 2.35. The van der Waals surface area contributed by atoms with E-state index in [0.717, 1.165) is 43.7 Å². The maximum absolute atomic E-state index is 6.49. The molecule has 0 saturated carbocycles. The highest BCUT2D eigenvalue weighted by Crippen LogP contribution is 2.43. The average molecular weight is 484 g/mol. The summed E-state index contributed by atoms with van der Waals surface area (Å²) in [5.41, 5.74) is 18.4. The van der Waals surface area contributed by atoms with Crippen molar-refractivity contribution < 1.29 is 0 Å². The number of hydrogen-bond acceptors (Lipinski definition) is 3. The lowest BCUT2D eigenvalue weighted by atomic mass is 9.84. The Kier molecular flexibility index (Phi) is 7.80. The Morgan fingerprint density at radius 1 is 1.22 bits per heavy atom. The summed E-state index contributed by atoms with van der Waals surface area (Å²) in [6.07, 6.45) is 11.0. The fourth-order valence-corrected chi connectivity index (χ4v) is 6.57. The molecule has 2 aliphatic rings. The predicted molar refractivity (Wildman–Crippen MR) is 157 cm³/mol. The number of nitrogens with zero attached hydrogens (tertiary/aromatic N) is 1. The van der Waals surface area contributed by atoms with Crippen LogP contribution in [0.1, 0.15) is 86.7 Å². The van der Waals surface area contributed by atoms with E-state index >= 15 is 0 Å². The molecule has 192 valence electrons. The van der Waals surface area contributed by atoms with E-state index in [-0.39, 0.29) is 5.41 Å². The summed E-state index contributed by atoms with van der Waals surface area (Å²) in [5, 5.41) is 3.22. The first kappa shape index (κ1) is 26.3. The van der Waals surface area contributed by atoms with Crippen LogP contribution in [-0.4, -0.2) is 25.0 Å². The molecular formula is C33H45N3. The van der Waals surface area contributed by atoms with Crippen LogP contribution in [0.25, 0.3) is 0 Å². The second-order valence-electron chi connectivity index (χ2n) is 11.5. The van der Waals surface area contributed by atoms with Crippen molar-refractivity contribution in [1.82, 2.24) is 4.90 Å². The minimum absolute atomic E-state index is 0.218. The van der Waals surface area contributed by atoms with Crippen molar-refractivity contribution in [2.75, 3.05) is 31.2 Å². The number of allylic oxidation sites excluding steroid dienone is 3. The quantitative estimate of drug-likeness (QED) is 0.393. The smallest absolute Gasteiger partial charge is 0.0582 e. The Bertz CT molecular complexity index is 1180. The summed E-state index contributed by atoms with van der Waals surface area (Å²) in [4.78, 5) is 2.73. The maximum atomic E-state index is 6.49. The molecule has 2 unspecified atom stereocenters. The molecule has 0 radical (unpaired) electrons. The topological polar surface area (TPSA) is 41.3 Å². The monoisotopic (exact) mass is 483 g/mol. The number of benzene rings is 2. The molecule has 0 spiro atoms. The van der Waals surface area contributed by atoms with Crippen LogP contribution in [-0.2, 0) is 6.42 Å². The number of rotatable bonds is 7.